The van der Waals surface area contributed by atoms with Crippen molar-refractivity contribution in [3.63, 3.8) is 0 Å². The Balaban J connectivity index is 1.82. The fourth-order valence-electron chi connectivity index (χ4n) is 2.47. The standard InChI is InChI=1S/C13H16N2OS/c16-9-10-3-4-15-11(6-10)8-14-13(15)7-12-2-1-5-17-12/h1-2,5,8,10,16H,3-4,6-7,9H2. The summed E-state index contributed by atoms with van der Waals surface area (Å²) in [6.07, 6.45) is 4.94. The van der Waals surface area contributed by atoms with Crippen molar-refractivity contribution in [2.24, 2.45) is 5.92 Å². The zero-order valence-corrected chi connectivity index (χ0v) is 10.5. The Labute approximate surface area is 105 Å². The molecule has 90 valence electrons. The van der Waals surface area contributed by atoms with E-state index in [1.54, 1.807) is 11.3 Å². The highest BCUT2D eigenvalue weighted by atomic mass is 32.1. The van der Waals surface area contributed by atoms with E-state index in [9.17, 15) is 5.11 Å². The topological polar surface area (TPSA) is 38.0 Å². The van der Waals surface area contributed by atoms with Gasteiger partial charge in [0.2, 0.25) is 0 Å². The van der Waals surface area contributed by atoms with Gasteiger partial charge in [0, 0.05) is 36.3 Å². The molecule has 1 aliphatic heterocycles. The molecule has 0 fully saturated rings. The molecule has 2 aromatic heterocycles. The molecule has 17 heavy (non-hydrogen) atoms. The number of aliphatic hydroxyl groups excluding tert-OH is 1. The summed E-state index contributed by atoms with van der Waals surface area (Å²) in [4.78, 5) is 5.89. The van der Waals surface area contributed by atoms with Crippen molar-refractivity contribution in [1.29, 1.82) is 0 Å². The maximum atomic E-state index is 9.20. The fraction of sp³-hybridized carbons (Fsp3) is 0.462. The van der Waals surface area contributed by atoms with E-state index in [2.05, 4.69) is 27.1 Å². The number of aliphatic hydroxyl groups is 1. The van der Waals surface area contributed by atoms with E-state index < -0.39 is 0 Å². The second-order valence-electron chi connectivity index (χ2n) is 4.61. The number of fused-ring (bicyclic) bond motifs is 1. The van der Waals surface area contributed by atoms with Crippen LogP contribution in [0.1, 0.15) is 22.8 Å². The van der Waals surface area contributed by atoms with Crippen LogP contribution in [0.4, 0.5) is 0 Å². The summed E-state index contributed by atoms with van der Waals surface area (Å²) in [7, 11) is 0. The third kappa shape index (κ3) is 2.15. The number of aromatic nitrogens is 2. The molecule has 1 N–H and O–H groups in total. The summed E-state index contributed by atoms with van der Waals surface area (Å²) in [5.41, 5.74) is 1.28. The van der Waals surface area contributed by atoms with Gasteiger partial charge in [0.25, 0.3) is 0 Å². The molecule has 0 radical (unpaired) electrons. The highest BCUT2D eigenvalue weighted by Gasteiger charge is 2.20. The molecular weight excluding hydrogens is 232 g/mol. The first-order chi connectivity index (χ1) is 8.36. The fourth-order valence-corrected chi connectivity index (χ4v) is 3.17. The summed E-state index contributed by atoms with van der Waals surface area (Å²) < 4.78 is 2.33. The Morgan fingerprint density at radius 2 is 2.47 bits per heavy atom. The van der Waals surface area contributed by atoms with E-state index in [0.29, 0.717) is 12.5 Å². The summed E-state index contributed by atoms with van der Waals surface area (Å²) >= 11 is 1.78. The molecule has 3 nitrogen and oxygen atoms in total. The lowest BCUT2D eigenvalue weighted by Gasteiger charge is -2.23. The SMILES string of the molecule is OCC1CCn2c(cnc2Cc2cccs2)C1. The van der Waals surface area contributed by atoms with Crippen molar-refractivity contribution in [1.82, 2.24) is 9.55 Å². The second kappa shape index (κ2) is 4.63. The minimum absolute atomic E-state index is 0.297. The van der Waals surface area contributed by atoms with Crippen molar-refractivity contribution < 1.29 is 5.11 Å². The molecule has 4 heteroatoms. The average Bonchev–Trinajstić information content (AvgIpc) is 2.99. The maximum absolute atomic E-state index is 9.20. The normalized spacial score (nSPS) is 19.2. The highest BCUT2D eigenvalue weighted by Crippen LogP contribution is 2.23. The van der Waals surface area contributed by atoms with Crippen molar-refractivity contribution in [3.8, 4) is 0 Å². The van der Waals surface area contributed by atoms with Crippen LogP contribution in [0, 0.1) is 5.92 Å². The van der Waals surface area contributed by atoms with Crippen LogP contribution in [0.25, 0.3) is 0 Å². The van der Waals surface area contributed by atoms with Crippen LogP contribution in [0.2, 0.25) is 0 Å². The average molecular weight is 248 g/mol. The van der Waals surface area contributed by atoms with Crippen LogP contribution in [0.5, 0.6) is 0 Å². The highest BCUT2D eigenvalue weighted by molar-refractivity contribution is 7.09. The lowest BCUT2D eigenvalue weighted by atomic mass is 9.97. The van der Waals surface area contributed by atoms with Gasteiger partial charge in [-0.05, 0) is 30.2 Å². The van der Waals surface area contributed by atoms with Gasteiger partial charge in [0.05, 0.1) is 0 Å². The summed E-state index contributed by atoms with van der Waals surface area (Å²) in [5, 5.41) is 11.3. The zero-order valence-electron chi connectivity index (χ0n) is 9.67. The van der Waals surface area contributed by atoms with Crippen LogP contribution in [-0.2, 0) is 19.4 Å². The van der Waals surface area contributed by atoms with Crippen molar-refractivity contribution in [3.05, 3.63) is 40.1 Å². The quantitative estimate of drug-likeness (QED) is 0.903. The smallest absolute Gasteiger partial charge is 0.114 e. The van der Waals surface area contributed by atoms with E-state index >= 15 is 0 Å². The molecule has 0 saturated carbocycles. The molecule has 0 bridgehead atoms. The first-order valence-corrected chi connectivity index (χ1v) is 6.91. The van der Waals surface area contributed by atoms with Crippen LogP contribution in [0.15, 0.2) is 23.7 Å². The van der Waals surface area contributed by atoms with E-state index in [1.165, 1.54) is 16.4 Å². The van der Waals surface area contributed by atoms with E-state index in [4.69, 9.17) is 0 Å². The number of rotatable bonds is 3. The zero-order chi connectivity index (χ0) is 11.7. The number of imidazole rings is 1. The molecule has 2 aromatic rings. The molecule has 3 rings (SSSR count). The van der Waals surface area contributed by atoms with Crippen molar-refractivity contribution in [2.75, 3.05) is 6.61 Å². The molecule has 0 spiro atoms. The second-order valence-corrected chi connectivity index (χ2v) is 5.65. The van der Waals surface area contributed by atoms with E-state index in [0.717, 1.165) is 25.8 Å². The van der Waals surface area contributed by atoms with E-state index in [1.807, 2.05) is 6.20 Å². The molecule has 0 amide bonds. The molecule has 1 aliphatic rings. The molecule has 1 unspecified atom stereocenters. The van der Waals surface area contributed by atoms with Gasteiger partial charge in [-0.3, -0.25) is 0 Å². The predicted molar refractivity (Wildman–Crippen MR) is 68.2 cm³/mol. The third-order valence-corrected chi connectivity index (χ3v) is 4.33. The van der Waals surface area contributed by atoms with Crippen LogP contribution < -0.4 is 0 Å². The largest absolute Gasteiger partial charge is 0.396 e. The number of thiophene rings is 1. The predicted octanol–water partition coefficient (Wildman–Crippen LogP) is 2.09. The molecular formula is C13H16N2OS. The Hall–Kier alpha value is -1.13. The third-order valence-electron chi connectivity index (χ3n) is 3.45. The van der Waals surface area contributed by atoms with E-state index in [-0.39, 0.29) is 0 Å². The van der Waals surface area contributed by atoms with Crippen LogP contribution >= 0.6 is 11.3 Å². The number of nitrogens with zero attached hydrogens (tertiary/aromatic N) is 2. The first-order valence-electron chi connectivity index (χ1n) is 6.03. The first kappa shape index (κ1) is 11.0. The van der Waals surface area contributed by atoms with Gasteiger partial charge in [-0.25, -0.2) is 4.98 Å². The van der Waals surface area contributed by atoms with Crippen molar-refractivity contribution in [2.45, 2.75) is 25.8 Å². The minimum Gasteiger partial charge on any atom is -0.396 e. The van der Waals surface area contributed by atoms with Crippen LogP contribution in [0.3, 0.4) is 0 Å². The van der Waals surface area contributed by atoms with Gasteiger partial charge >= 0.3 is 0 Å². The summed E-state index contributed by atoms with van der Waals surface area (Å²) in [5.74, 6) is 1.59. The molecule has 0 aliphatic carbocycles. The minimum atomic E-state index is 0.297. The Morgan fingerprint density at radius 1 is 1.53 bits per heavy atom. The molecule has 0 aromatic carbocycles. The summed E-state index contributed by atoms with van der Waals surface area (Å²) in [6.45, 7) is 1.30. The van der Waals surface area contributed by atoms with Gasteiger partial charge < -0.3 is 9.67 Å². The number of hydrogen-bond donors (Lipinski definition) is 1. The Kier molecular flexibility index (Phi) is 2.99. The lowest BCUT2D eigenvalue weighted by Crippen LogP contribution is -2.22. The Bertz CT molecular complexity index is 489. The van der Waals surface area contributed by atoms with Gasteiger partial charge in [0.15, 0.2) is 0 Å². The molecule has 3 heterocycles. The molecule has 0 saturated heterocycles. The molecule has 1 atom stereocenters. The lowest BCUT2D eigenvalue weighted by molar-refractivity contribution is 0.200. The van der Waals surface area contributed by atoms with Gasteiger partial charge in [-0.2, -0.15) is 0 Å². The monoisotopic (exact) mass is 248 g/mol. The van der Waals surface area contributed by atoms with Gasteiger partial charge in [0.1, 0.15) is 5.82 Å². The summed E-state index contributed by atoms with van der Waals surface area (Å²) in [6, 6.07) is 4.24. The van der Waals surface area contributed by atoms with Gasteiger partial charge in [-0.1, -0.05) is 6.07 Å². The van der Waals surface area contributed by atoms with Crippen LogP contribution in [-0.4, -0.2) is 21.3 Å². The number of hydrogen-bond acceptors (Lipinski definition) is 3. The van der Waals surface area contributed by atoms with Gasteiger partial charge in [-0.15, -0.1) is 11.3 Å². The maximum Gasteiger partial charge on any atom is 0.114 e. The van der Waals surface area contributed by atoms with Crippen molar-refractivity contribution >= 4 is 11.3 Å². The Morgan fingerprint density at radius 3 is 3.24 bits per heavy atom.